The SMILES string of the molecule is COc1cccc(NC(=O)C(C(N)=S)C(C)C)c1. The molecule has 0 aromatic heterocycles. The van der Waals surface area contributed by atoms with Gasteiger partial charge in [-0.05, 0) is 18.1 Å². The molecule has 1 rings (SSSR count). The Labute approximate surface area is 113 Å². The van der Waals surface area contributed by atoms with Crippen molar-refractivity contribution in [1.29, 1.82) is 0 Å². The quantitative estimate of drug-likeness (QED) is 0.802. The molecule has 3 N–H and O–H groups in total. The number of carbonyl (C=O) groups is 1. The van der Waals surface area contributed by atoms with E-state index in [1.165, 1.54) is 0 Å². The summed E-state index contributed by atoms with van der Waals surface area (Å²) < 4.78 is 5.09. The summed E-state index contributed by atoms with van der Waals surface area (Å²) in [5, 5.41) is 2.79. The number of hydrogen-bond donors (Lipinski definition) is 2. The minimum absolute atomic E-state index is 0.0631. The Morgan fingerprint density at radius 3 is 2.61 bits per heavy atom. The number of nitrogens with two attached hydrogens (primary N) is 1. The molecule has 0 spiro atoms. The first-order valence-electron chi connectivity index (χ1n) is 5.70. The lowest BCUT2D eigenvalue weighted by atomic mass is 9.95. The van der Waals surface area contributed by atoms with E-state index >= 15 is 0 Å². The fourth-order valence-electron chi connectivity index (χ4n) is 1.68. The second kappa shape index (κ2) is 6.35. The van der Waals surface area contributed by atoms with E-state index in [1.54, 1.807) is 25.3 Å². The van der Waals surface area contributed by atoms with Gasteiger partial charge in [-0.3, -0.25) is 4.79 Å². The lowest BCUT2D eigenvalue weighted by molar-refractivity contribution is -0.118. The van der Waals surface area contributed by atoms with Gasteiger partial charge in [0.25, 0.3) is 0 Å². The van der Waals surface area contributed by atoms with E-state index in [0.29, 0.717) is 11.4 Å². The molecule has 0 aliphatic heterocycles. The average molecular weight is 266 g/mol. The first-order chi connectivity index (χ1) is 8.45. The normalized spacial score (nSPS) is 12.0. The fourth-order valence-corrected chi connectivity index (χ4v) is 2.06. The molecule has 0 heterocycles. The van der Waals surface area contributed by atoms with Crippen LogP contribution < -0.4 is 15.8 Å². The Morgan fingerprint density at radius 1 is 1.44 bits per heavy atom. The summed E-state index contributed by atoms with van der Waals surface area (Å²) in [4.78, 5) is 12.3. The molecule has 5 heteroatoms. The van der Waals surface area contributed by atoms with Gasteiger partial charge in [0.1, 0.15) is 5.75 Å². The van der Waals surface area contributed by atoms with Crippen LogP contribution in [0.2, 0.25) is 0 Å². The summed E-state index contributed by atoms with van der Waals surface area (Å²) in [5.74, 6) is 0.0919. The smallest absolute Gasteiger partial charge is 0.234 e. The van der Waals surface area contributed by atoms with E-state index in [2.05, 4.69) is 5.32 Å². The minimum Gasteiger partial charge on any atom is -0.497 e. The van der Waals surface area contributed by atoms with E-state index < -0.39 is 5.92 Å². The van der Waals surface area contributed by atoms with Gasteiger partial charge in [0.15, 0.2) is 0 Å². The molecular weight excluding hydrogens is 248 g/mol. The van der Waals surface area contributed by atoms with Crippen LogP contribution in [-0.4, -0.2) is 18.0 Å². The van der Waals surface area contributed by atoms with Gasteiger partial charge in [-0.1, -0.05) is 32.1 Å². The molecule has 0 saturated heterocycles. The molecule has 1 amide bonds. The molecule has 1 aromatic rings. The number of anilines is 1. The van der Waals surface area contributed by atoms with Crippen molar-refractivity contribution in [3.05, 3.63) is 24.3 Å². The number of carbonyl (C=O) groups excluding carboxylic acids is 1. The van der Waals surface area contributed by atoms with Crippen LogP contribution in [0.3, 0.4) is 0 Å². The molecule has 0 radical (unpaired) electrons. The highest BCUT2D eigenvalue weighted by Gasteiger charge is 2.24. The highest BCUT2D eigenvalue weighted by atomic mass is 32.1. The zero-order chi connectivity index (χ0) is 13.7. The van der Waals surface area contributed by atoms with Gasteiger partial charge >= 0.3 is 0 Å². The number of nitrogens with one attached hydrogen (secondary N) is 1. The molecule has 0 saturated carbocycles. The Kier molecular flexibility index (Phi) is 5.09. The molecule has 1 atom stereocenters. The first-order valence-corrected chi connectivity index (χ1v) is 6.10. The standard InChI is InChI=1S/C13H18N2O2S/c1-8(2)11(12(14)18)13(16)15-9-5-4-6-10(7-9)17-3/h4-8,11H,1-3H3,(H2,14,18)(H,15,16). The molecule has 4 nitrogen and oxygen atoms in total. The lowest BCUT2D eigenvalue weighted by Gasteiger charge is -2.19. The molecule has 0 fully saturated rings. The maximum Gasteiger partial charge on any atom is 0.234 e. The van der Waals surface area contributed by atoms with E-state index in [0.717, 1.165) is 0 Å². The predicted octanol–water partition coefficient (Wildman–Crippen LogP) is 2.19. The third kappa shape index (κ3) is 3.70. The number of hydrogen-bond acceptors (Lipinski definition) is 3. The second-order valence-corrected chi connectivity index (χ2v) is 4.82. The van der Waals surface area contributed by atoms with E-state index in [-0.39, 0.29) is 16.8 Å². The van der Waals surface area contributed by atoms with Crippen molar-refractivity contribution in [1.82, 2.24) is 0 Å². The average Bonchev–Trinajstić information content (AvgIpc) is 2.28. The fraction of sp³-hybridized carbons (Fsp3) is 0.385. The van der Waals surface area contributed by atoms with E-state index in [1.807, 2.05) is 19.9 Å². The van der Waals surface area contributed by atoms with Gasteiger partial charge in [0, 0.05) is 11.8 Å². The van der Waals surface area contributed by atoms with Crippen LogP contribution in [0.4, 0.5) is 5.69 Å². The maximum atomic E-state index is 12.1. The van der Waals surface area contributed by atoms with Crippen LogP contribution in [0, 0.1) is 11.8 Å². The van der Waals surface area contributed by atoms with Crippen molar-refractivity contribution in [2.24, 2.45) is 17.6 Å². The zero-order valence-electron chi connectivity index (χ0n) is 10.8. The number of amides is 1. The summed E-state index contributed by atoms with van der Waals surface area (Å²) in [7, 11) is 1.58. The Balaban J connectivity index is 2.82. The van der Waals surface area contributed by atoms with Crippen LogP contribution in [0.25, 0.3) is 0 Å². The van der Waals surface area contributed by atoms with Crippen molar-refractivity contribution in [3.8, 4) is 5.75 Å². The van der Waals surface area contributed by atoms with Crippen LogP contribution in [-0.2, 0) is 4.79 Å². The van der Waals surface area contributed by atoms with Gasteiger partial charge in [-0.15, -0.1) is 0 Å². The molecule has 0 bridgehead atoms. The first kappa shape index (κ1) is 14.4. The Hall–Kier alpha value is -1.62. The van der Waals surface area contributed by atoms with E-state index in [9.17, 15) is 4.79 Å². The Bertz CT molecular complexity index is 446. The molecule has 18 heavy (non-hydrogen) atoms. The summed E-state index contributed by atoms with van der Waals surface area (Å²) in [5.41, 5.74) is 6.26. The summed E-state index contributed by atoms with van der Waals surface area (Å²) in [6, 6.07) is 7.15. The second-order valence-electron chi connectivity index (χ2n) is 4.35. The summed E-state index contributed by atoms with van der Waals surface area (Å²) in [6.45, 7) is 3.82. The zero-order valence-corrected chi connectivity index (χ0v) is 11.6. The van der Waals surface area contributed by atoms with Gasteiger partial charge in [-0.2, -0.15) is 0 Å². The van der Waals surface area contributed by atoms with Crippen LogP contribution in [0.5, 0.6) is 5.75 Å². The molecule has 0 aliphatic rings. The minimum atomic E-state index is -0.466. The lowest BCUT2D eigenvalue weighted by Crippen LogP contribution is -2.36. The van der Waals surface area contributed by atoms with Crippen molar-refractivity contribution in [3.63, 3.8) is 0 Å². The Morgan fingerprint density at radius 2 is 2.11 bits per heavy atom. The molecular formula is C13H18N2O2S. The van der Waals surface area contributed by atoms with Gasteiger partial charge < -0.3 is 15.8 Å². The molecule has 98 valence electrons. The van der Waals surface area contributed by atoms with Gasteiger partial charge in [-0.25, -0.2) is 0 Å². The molecule has 0 aliphatic carbocycles. The predicted molar refractivity (Wildman–Crippen MR) is 76.7 cm³/mol. The van der Waals surface area contributed by atoms with Crippen molar-refractivity contribution < 1.29 is 9.53 Å². The topological polar surface area (TPSA) is 64.3 Å². The van der Waals surface area contributed by atoms with Gasteiger partial charge in [0.05, 0.1) is 18.0 Å². The monoisotopic (exact) mass is 266 g/mol. The number of rotatable bonds is 5. The van der Waals surface area contributed by atoms with Crippen LogP contribution in [0.15, 0.2) is 24.3 Å². The highest BCUT2D eigenvalue weighted by molar-refractivity contribution is 7.80. The highest BCUT2D eigenvalue weighted by Crippen LogP contribution is 2.19. The number of benzene rings is 1. The largest absolute Gasteiger partial charge is 0.497 e. The summed E-state index contributed by atoms with van der Waals surface area (Å²) >= 11 is 4.93. The third-order valence-corrected chi connectivity index (χ3v) is 2.85. The van der Waals surface area contributed by atoms with Crippen molar-refractivity contribution >= 4 is 28.8 Å². The van der Waals surface area contributed by atoms with Crippen molar-refractivity contribution in [2.45, 2.75) is 13.8 Å². The summed E-state index contributed by atoms with van der Waals surface area (Å²) in [6.07, 6.45) is 0. The van der Waals surface area contributed by atoms with Crippen LogP contribution >= 0.6 is 12.2 Å². The number of ether oxygens (including phenoxy) is 1. The molecule has 1 unspecified atom stereocenters. The van der Waals surface area contributed by atoms with E-state index in [4.69, 9.17) is 22.7 Å². The van der Waals surface area contributed by atoms with Crippen LogP contribution in [0.1, 0.15) is 13.8 Å². The molecule has 1 aromatic carbocycles. The third-order valence-electron chi connectivity index (χ3n) is 2.59. The maximum absolute atomic E-state index is 12.1. The van der Waals surface area contributed by atoms with Crippen molar-refractivity contribution in [2.75, 3.05) is 12.4 Å². The number of methoxy groups -OCH3 is 1. The number of thiocarbonyl (C=S) groups is 1. The van der Waals surface area contributed by atoms with Gasteiger partial charge in [0.2, 0.25) is 5.91 Å².